The predicted octanol–water partition coefficient (Wildman–Crippen LogP) is 2.51. The molecule has 0 amide bonds. The smallest absolute Gasteiger partial charge is 0.234 e. The van der Waals surface area contributed by atoms with Crippen molar-refractivity contribution in [1.29, 1.82) is 0 Å². The van der Waals surface area contributed by atoms with Crippen LogP contribution in [0.4, 0.5) is 0 Å². The van der Waals surface area contributed by atoms with Gasteiger partial charge in [-0.05, 0) is 57.2 Å². The molecule has 1 aromatic heterocycles. The van der Waals surface area contributed by atoms with Gasteiger partial charge in [0, 0.05) is 36.7 Å². The van der Waals surface area contributed by atoms with E-state index in [1.165, 1.54) is 7.11 Å². The van der Waals surface area contributed by atoms with Crippen LogP contribution in [0.2, 0.25) is 0 Å². The van der Waals surface area contributed by atoms with Crippen molar-refractivity contribution in [2.24, 2.45) is 4.99 Å². The fourth-order valence-corrected chi connectivity index (χ4v) is 5.20. The average molecular weight is 520 g/mol. The normalized spacial score (nSPS) is 16.5. The molecule has 0 fully saturated rings. The molecule has 0 spiro atoms. The lowest BCUT2D eigenvalue weighted by atomic mass is 10.0. The number of allylic oxidation sites excluding steroid dienone is 2. The molecule has 11 heteroatoms. The number of nitrogens with zero attached hydrogens (tertiary/aromatic N) is 1. The lowest BCUT2D eigenvalue weighted by Gasteiger charge is -2.16. The second kappa shape index (κ2) is 12.4. The van der Waals surface area contributed by atoms with Gasteiger partial charge in [-0.1, -0.05) is 0 Å². The van der Waals surface area contributed by atoms with Crippen LogP contribution < -0.4 is 24.9 Å². The lowest BCUT2D eigenvalue weighted by Crippen LogP contribution is -2.29. The Morgan fingerprint density at radius 1 is 1.11 bits per heavy atom. The van der Waals surface area contributed by atoms with E-state index in [1.54, 1.807) is 18.4 Å². The largest absolute Gasteiger partial charge is 0.464 e. The molecule has 2 aromatic rings. The van der Waals surface area contributed by atoms with E-state index in [0.29, 0.717) is 53.1 Å². The number of hydrogen-bond donors (Lipinski definition) is 2. The summed E-state index contributed by atoms with van der Waals surface area (Å²) in [7, 11) is -1.91. The van der Waals surface area contributed by atoms with Gasteiger partial charge in [0.15, 0.2) is 16.9 Å². The van der Waals surface area contributed by atoms with E-state index in [4.69, 9.17) is 18.6 Å². The molecule has 36 heavy (non-hydrogen) atoms. The highest BCUT2D eigenvalue weighted by atomic mass is 32.2. The number of ether oxygens (including phenoxy) is 3. The van der Waals surface area contributed by atoms with Gasteiger partial charge < -0.3 is 23.9 Å². The lowest BCUT2D eigenvalue weighted by molar-refractivity contribution is 0.174. The Labute approximate surface area is 210 Å². The Bertz CT molecular complexity index is 1280. The van der Waals surface area contributed by atoms with Crippen LogP contribution in [-0.4, -0.2) is 60.0 Å². The zero-order chi connectivity index (χ0) is 25.4. The second-order valence-electron chi connectivity index (χ2n) is 8.81. The van der Waals surface area contributed by atoms with Crippen molar-refractivity contribution in [2.75, 3.05) is 45.9 Å². The summed E-state index contributed by atoms with van der Waals surface area (Å²) in [5.74, 6) is 1.11. The molecule has 0 unspecified atom stereocenters. The first kappa shape index (κ1) is 26.2. The highest BCUT2D eigenvalue weighted by molar-refractivity contribution is 7.89. The molecule has 0 radical (unpaired) electrons. The van der Waals surface area contributed by atoms with E-state index in [-0.39, 0.29) is 24.6 Å². The summed E-state index contributed by atoms with van der Waals surface area (Å²) in [5, 5.41) is 3.88. The minimum atomic E-state index is -3.39. The van der Waals surface area contributed by atoms with Crippen LogP contribution in [0.5, 0.6) is 11.5 Å². The molecule has 1 aromatic carbocycles. The number of aliphatic imine (C=N–C) groups is 1. The van der Waals surface area contributed by atoms with Gasteiger partial charge in [0.25, 0.3) is 0 Å². The van der Waals surface area contributed by atoms with Crippen molar-refractivity contribution < 1.29 is 27.0 Å². The summed E-state index contributed by atoms with van der Waals surface area (Å²) < 4.78 is 47.9. The minimum Gasteiger partial charge on any atom is -0.464 e. The van der Waals surface area contributed by atoms with Crippen molar-refractivity contribution in [3.05, 3.63) is 46.0 Å². The summed E-state index contributed by atoms with van der Waals surface area (Å²) in [6.45, 7) is 2.50. The Morgan fingerprint density at radius 2 is 1.94 bits per heavy atom. The number of rotatable bonds is 13. The standard InChI is InChI=1S/C25H33N3O7S/c1-32-11-12-36(30,31)28-20-7-4-6-19(13-20)27-10-9-26-8-3-2-5-18-16-33-22-15-24-23(34-17-35-24)14-21(22)25(18)29/h13-16,26,28H,2-12,17H2,1H3. The highest BCUT2D eigenvalue weighted by Gasteiger charge is 2.18. The second-order valence-corrected chi connectivity index (χ2v) is 10.7. The van der Waals surface area contributed by atoms with Crippen LogP contribution in [0.1, 0.15) is 37.7 Å². The van der Waals surface area contributed by atoms with Gasteiger partial charge in [0.05, 0.1) is 30.6 Å². The summed E-state index contributed by atoms with van der Waals surface area (Å²) in [6.07, 6.45) is 8.22. The number of nitrogens with one attached hydrogen (secondary N) is 2. The third kappa shape index (κ3) is 7.08. The summed E-state index contributed by atoms with van der Waals surface area (Å²) in [5.41, 5.74) is 2.73. The maximum absolute atomic E-state index is 12.8. The molecule has 2 heterocycles. The molecule has 1 aliphatic heterocycles. The molecular formula is C25H33N3O7S. The van der Waals surface area contributed by atoms with Crippen LogP contribution in [0.25, 0.3) is 11.0 Å². The molecule has 0 saturated heterocycles. The molecule has 10 nitrogen and oxygen atoms in total. The van der Waals surface area contributed by atoms with E-state index >= 15 is 0 Å². The zero-order valence-corrected chi connectivity index (χ0v) is 21.3. The SMILES string of the molecule is COCCS(=O)(=O)NC1=CC(=NCCNCCCCc2coc3cc4c(cc3c2=O)OCO4)CCC1. The Kier molecular flexibility index (Phi) is 9.00. The molecule has 0 saturated carbocycles. The van der Waals surface area contributed by atoms with Gasteiger partial charge in [-0.3, -0.25) is 14.5 Å². The van der Waals surface area contributed by atoms with Crippen molar-refractivity contribution >= 4 is 26.7 Å². The quantitative estimate of drug-likeness (QED) is 0.386. The van der Waals surface area contributed by atoms with Gasteiger partial charge in [0.2, 0.25) is 16.8 Å². The first-order chi connectivity index (χ1) is 17.4. The van der Waals surface area contributed by atoms with E-state index < -0.39 is 10.0 Å². The van der Waals surface area contributed by atoms with Crippen molar-refractivity contribution in [2.45, 2.75) is 38.5 Å². The predicted molar refractivity (Wildman–Crippen MR) is 137 cm³/mol. The van der Waals surface area contributed by atoms with Crippen LogP contribution in [0.3, 0.4) is 0 Å². The molecule has 2 aliphatic rings. The maximum Gasteiger partial charge on any atom is 0.234 e. The summed E-state index contributed by atoms with van der Waals surface area (Å²) in [6, 6.07) is 3.39. The monoisotopic (exact) mass is 519 g/mol. The average Bonchev–Trinajstić information content (AvgIpc) is 3.32. The first-order valence-electron chi connectivity index (χ1n) is 12.2. The third-order valence-corrected chi connectivity index (χ3v) is 7.33. The topological polar surface area (TPSA) is 128 Å². The van der Waals surface area contributed by atoms with Crippen molar-refractivity contribution in [3.63, 3.8) is 0 Å². The van der Waals surface area contributed by atoms with Crippen LogP contribution in [-0.2, 0) is 21.2 Å². The number of benzene rings is 1. The molecule has 1 aliphatic carbocycles. The van der Waals surface area contributed by atoms with Crippen LogP contribution >= 0.6 is 0 Å². The van der Waals surface area contributed by atoms with Gasteiger partial charge in [0.1, 0.15) is 5.58 Å². The highest BCUT2D eigenvalue weighted by Crippen LogP contribution is 2.35. The van der Waals surface area contributed by atoms with Crippen molar-refractivity contribution in [3.8, 4) is 11.5 Å². The number of fused-ring (bicyclic) bond motifs is 2. The number of unbranched alkanes of at least 4 members (excludes halogenated alkanes) is 1. The van der Waals surface area contributed by atoms with E-state index in [0.717, 1.165) is 44.5 Å². The van der Waals surface area contributed by atoms with Crippen LogP contribution in [0.15, 0.2) is 44.4 Å². The molecule has 2 N–H and O–H groups in total. The molecule has 0 atom stereocenters. The van der Waals surface area contributed by atoms with E-state index in [9.17, 15) is 13.2 Å². The Morgan fingerprint density at radius 3 is 2.78 bits per heavy atom. The fourth-order valence-electron chi connectivity index (χ4n) is 4.16. The van der Waals surface area contributed by atoms with Gasteiger partial charge in [-0.25, -0.2) is 8.42 Å². The van der Waals surface area contributed by atoms with Gasteiger partial charge in [-0.2, -0.15) is 0 Å². The maximum atomic E-state index is 12.8. The minimum absolute atomic E-state index is 0.0285. The Hall–Kier alpha value is -2.89. The molecule has 196 valence electrons. The zero-order valence-electron chi connectivity index (χ0n) is 20.5. The van der Waals surface area contributed by atoms with E-state index in [2.05, 4.69) is 15.0 Å². The molecule has 0 bridgehead atoms. The fraction of sp³-hybridized carbons (Fsp3) is 0.520. The number of aryl methyl sites for hydroxylation is 1. The first-order valence-corrected chi connectivity index (χ1v) is 13.9. The molecular weight excluding hydrogens is 486 g/mol. The van der Waals surface area contributed by atoms with Crippen molar-refractivity contribution in [1.82, 2.24) is 10.0 Å². The van der Waals surface area contributed by atoms with Crippen LogP contribution in [0, 0.1) is 0 Å². The summed E-state index contributed by atoms with van der Waals surface area (Å²) >= 11 is 0. The van der Waals surface area contributed by atoms with Gasteiger partial charge in [-0.15, -0.1) is 0 Å². The Balaban J connectivity index is 1.17. The number of hydrogen-bond acceptors (Lipinski definition) is 9. The number of methoxy groups -OCH3 is 1. The third-order valence-electron chi connectivity index (χ3n) is 6.06. The van der Waals surface area contributed by atoms with Gasteiger partial charge >= 0.3 is 0 Å². The number of sulfonamides is 1. The van der Waals surface area contributed by atoms with E-state index in [1.807, 2.05) is 6.08 Å². The summed E-state index contributed by atoms with van der Waals surface area (Å²) in [4.78, 5) is 17.4. The molecule has 4 rings (SSSR count).